The average Bonchev–Trinajstić information content (AvgIpc) is 2.53. The second kappa shape index (κ2) is 7.42. The Morgan fingerprint density at radius 2 is 1.86 bits per heavy atom. The number of thiol groups is 1. The summed E-state index contributed by atoms with van der Waals surface area (Å²) in [5, 5.41) is 0.657. The van der Waals surface area contributed by atoms with Crippen molar-refractivity contribution in [1.82, 2.24) is 15.8 Å². The lowest BCUT2D eigenvalue weighted by atomic mass is 10.2. The molecule has 1 amide bonds. The van der Waals surface area contributed by atoms with Crippen LogP contribution in [0.2, 0.25) is 5.02 Å². The first kappa shape index (κ1) is 16.5. The number of nitrogens with two attached hydrogens (primary N) is 1. The fourth-order valence-electron chi connectivity index (χ4n) is 1.57. The molecule has 0 radical (unpaired) electrons. The number of hydrazine groups is 1. The Bertz CT molecular complexity index is 659. The molecule has 2 aromatic rings. The highest BCUT2D eigenvalue weighted by Crippen LogP contribution is 2.12. The van der Waals surface area contributed by atoms with Crippen molar-refractivity contribution in [1.29, 1.82) is 0 Å². The number of nitrogens with one attached hydrogen (secondary N) is 2. The fourth-order valence-corrected chi connectivity index (χ4v) is 1.83. The molecule has 22 heavy (non-hydrogen) atoms. The van der Waals surface area contributed by atoms with Crippen molar-refractivity contribution < 1.29 is 4.79 Å². The molecule has 0 bridgehead atoms. The van der Waals surface area contributed by atoms with E-state index in [0.717, 1.165) is 5.56 Å². The zero-order valence-electron chi connectivity index (χ0n) is 11.5. The number of amides is 1. The number of benzene rings is 1. The van der Waals surface area contributed by atoms with Gasteiger partial charge in [0.15, 0.2) is 0 Å². The summed E-state index contributed by atoms with van der Waals surface area (Å²) < 4.78 is 0. The molecule has 0 saturated carbocycles. The summed E-state index contributed by atoms with van der Waals surface area (Å²) >= 11 is 10.1. The van der Waals surface area contributed by atoms with Gasteiger partial charge in [-0.1, -0.05) is 29.8 Å². The minimum absolute atomic E-state index is 0.328. The maximum atomic E-state index is 11.9. The molecule has 0 aliphatic rings. The molecular formula is C15H15ClN4OS. The molecule has 0 fully saturated rings. The summed E-state index contributed by atoms with van der Waals surface area (Å²) in [6.07, 6.45) is 6.46. The fraction of sp³-hybridized carbons (Fsp3) is 0.0667. The van der Waals surface area contributed by atoms with Crippen LogP contribution in [0.4, 0.5) is 0 Å². The second-order valence-electron chi connectivity index (χ2n) is 4.53. The summed E-state index contributed by atoms with van der Waals surface area (Å²) in [5.74, 6) is -0.328. The van der Waals surface area contributed by atoms with Crippen molar-refractivity contribution in [2.24, 2.45) is 5.73 Å². The van der Waals surface area contributed by atoms with Crippen molar-refractivity contribution in [3.8, 4) is 0 Å². The van der Waals surface area contributed by atoms with Gasteiger partial charge in [0, 0.05) is 23.0 Å². The highest BCUT2D eigenvalue weighted by atomic mass is 35.5. The van der Waals surface area contributed by atoms with Crippen LogP contribution in [-0.4, -0.2) is 15.9 Å². The third-order valence-corrected chi connectivity index (χ3v) is 3.23. The molecule has 2 rings (SSSR count). The van der Waals surface area contributed by atoms with Crippen LogP contribution >= 0.6 is 24.2 Å². The van der Waals surface area contributed by atoms with Gasteiger partial charge < -0.3 is 5.73 Å². The van der Waals surface area contributed by atoms with Crippen LogP contribution in [-0.2, 0) is 0 Å². The van der Waals surface area contributed by atoms with Crippen LogP contribution < -0.4 is 16.6 Å². The van der Waals surface area contributed by atoms with Crippen LogP contribution in [0.15, 0.2) is 54.9 Å². The highest BCUT2D eigenvalue weighted by Gasteiger charge is 2.16. The van der Waals surface area contributed by atoms with Gasteiger partial charge in [0.1, 0.15) is 4.99 Å². The van der Waals surface area contributed by atoms with Crippen LogP contribution in [0, 0.1) is 0 Å². The number of carbonyl (C=O) groups is 1. The average molecular weight is 335 g/mol. The maximum Gasteiger partial charge on any atom is 0.265 e. The summed E-state index contributed by atoms with van der Waals surface area (Å²) in [6, 6.07) is 10.4. The van der Waals surface area contributed by atoms with Gasteiger partial charge in [-0.2, -0.15) is 0 Å². The number of rotatable bonds is 5. The van der Waals surface area contributed by atoms with Crippen LogP contribution in [0.5, 0.6) is 0 Å². The predicted octanol–water partition coefficient (Wildman–Crippen LogP) is 2.23. The number of nitrogens with zero attached hydrogens (tertiary/aromatic N) is 1. The van der Waals surface area contributed by atoms with E-state index in [9.17, 15) is 4.79 Å². The normalized spacial score (nSPS) is 13.8. The number of carbonyl (C=O) groups excluding carboxylic acids is 1. The topological polar surface area (TPSA) is 80.0 Å². The van der Waals surface area contributed by atoms with Gasteiger partial charge in [-0.15, -0.1) is 12.6 Å². The molecule has 1 heterocycles. The van der Waals surface area contributed by atoms with Gasteiger partial charge in [0.25, 0.3) is 5.91 Å². The highest BCUT2D eigenvalue weighted by molar-refractivity contribution is 7.81. The number of hydrogen-bond donors (Lipinski definition) is 4. The lowest BCUT2D eigenvalue weighted by Gasteiger charge is -2.21. The van der Waals surface area contributed by atoms with Gasteiger partial charge in [-0.3, -0.25) is 15.2 Å². The van der Waals surface area contributed by atoms with E-state index in [1.165, 1.54) is 12.4 Å². The molecular weight excluding hydrogens is 320 g/mol. The molecule has 1 aromatic carbocycles. The maximum absolute atomic E-state index is 11.9. The minimum atomic E-state index is -1.21. The minimum Gasteiger partial charge on any atom is -0.300 e. The molecule has 0 aliphatic heterocycles. The third-order valence-electron chi connectivity index (χ3n) is 2.72. The van der Waals surface area contributed by atoms with Crippen LogP contribution in [0.1, 0.15) is 15.9 Å². The number of pyridine rings is 1. The van der Waals surface area contributed by atoms with Crippen molar-refractivity contribution in [3.05, 3.63) is 71.0 Å². The van der Waals surface area contributed by atoms with Gasteiger partial charge in [-0.25, -0.2) is 5.43 Å². The van der Waals surface area contributed by atoms with E-state index in [2.05, 4.69) is 28.5 Å². The summed E-state index contributed by atoms with van der Waals surface area (Å²) in [6.45, 7) is 0. The van der Waals surface area contributed by atoms with Gasteiger partial charge in [-0.05, 0) is 35.9 Å². The lowest BCUT2D eigenvalue weighted by molar-refractivity contribution is 0.0926. The zero-order valence-corrected chi connectivity index (χ0v) is 13.2. The number of hydrogen-bond acceptors (Lipinski definition) is 5. The Balaban J connectivity index is 1.93. The van der Waals surface area contributed by atoms with E-state index >= 15 is 0 Å². The third kappa shape index (κ3) is 5.16. The van der Waals surface area contributed by atoms with E-state index in [1.54, 1.807) is 36.4 Å². The first-order valence-corrected chi connectivity index (χ1v) is 7.22. The van der Waals surface area contributed by atoms with E-state index in [-0.39, 0.29) is 5.91 Å². The Morgan fingerprint density at radius 1 is 1.23 bits per heavy atom. The monoisotopic (exact) mass is 334 g/mol. The quantitative estimate of drug-likeness (QED) is 0.384. The molecule has 1 unspecified atom stereocenters. The van der Waals surface area contributed by atoms with E-state index in [0.29, 0.717) is 10.6 Å². The molecule has 0 aliphatic carbocycles. The standard InChI is InChI=1S/C15H15ClN4OS/c16-13-3-1-11(2-4-13)5-8-15(17,22)20-19-14(21)12-6-9-18-10-7-12/h1-10,20,22H,17H2,(H,19,21)/b8-5+. The molecule has 0 saturated heterocycles. The molecule has 7 heteroatoms. The molecule has 114 valence electrons. The second-order valence-corrected chi connectivity index (χ2v) is 5.70. The Morgan fingerprint density at radius 3 is 2.50 bits per heavy atom. The molecule has 4 N–H and O–H groups in total. The Labute approximate surface area is 139 Å². The van der Waals surface area contributed by atoms with Crippen molar-refractivity contribution >= 4 is 36.2 Å². The number of halogens is 1. The first-order valence-electron chi connectivity index (χ1n) is 6.40. The molecule has 1 atom stereocenters. The van der Waals surface area contributed by atoms with Crippen molar-refractivity contribution in [3.63, 3.8) is 0 Å². The van der Waals surface area contributed by atoms with E-state index < -0.39 is 4.99 Å². The zero-order chi connectivity index (χ0) is 16.0. The lowest BCUT2D eigenvalue weighted by Crippen LogP contribution is -2.55. The van der Waals surface area contributed by atoms with Gasteiger partial charge >= 0.3 is 0 Å². The SMILES string of the molecule is NC(S)(/C=C/c1ccc(Cl)cc1)NNC(=O)c1ccncc1. The van der Waals surface area contributed by atoms with Crippen molar-refractivity contribution in [2.75, 3.05) is 0 Å². The van der Waals surface area contributed by atoms with Gasteiger partial charge in [0.2, 0.25) is 0 Å². The smallest absolute Gasteiger partial charge is 0.265 e. The first-order chi connectivity index (χ1) is 10.5. The summed E-state index contributed by atoms with van der Waals surface area (Å²) in [5.41, 5.74) is 12.5. The Hall–Kier alpha value is -1.86. The van der Waals surface area contributed by atoms with Gasteiger partial charge in [0.05, 0.1) is 0 Å². The molecule has 0 spiro atoms. The van der Waals surface area contributed by atoms with Crippen molar-refractivity contribution in [2.45, 2.75) is 4.99 Å². The number of aromatic nitrogens is 1. The summed E-state index contributed by atoms with van der Waals surface area (Å²) in [7, 11) is 0. The van der Waals surface area contributed by atoms with E-state index in [4.69, 9.17) is 17.3 Å². The molecule has 5 nitrogen and oxygen atoms in total. The van der Waals surface area contributed by atoms with Crippen LogP contribution in [0.3, 0.4) is 0 Å². The Kier molecular flexibility index (Phi) is 5.57. The predicted molar refractivity (Wildman–Crippen MR) is 91.2 cm³/mol. The largest absolute Gasteiger partial charge is 0.300 e. The summed E-state index contributed by atoms with van der Waals surface area (Å²) in [4.78, 5) is 14.5. The molecule has 1 aromatic heterocycles. The van der Waals surface area contributed by atoms with E-state index in [1.807, 2.05) is 12.1 Å². The van der Waals surface area contributed by atoms with Crippen LogP contribution in [0.25, 0.3) is 6.08 Å².